The average Bonchev–Trinajstić information content (AvgIpc) is 3.00. The van der Waals surface area contributed by atoms with E-state index in [4.69, 9.17) is 14.2 Å². The van der Waals surface area contributed by atoms with Crippen molar-refractivity contribution in [1.82, 2.24) is 15.8 Å². The number of amides is 2. The summed E-state index contributed by atoms with van der Waals surface area (Å²) in [5, 5.41) is 0. The summed E-state index contributed by atoms with van der Waals surface area (Å²) in [7, 11) is 3.57. The van der Waals surface area contributed by atoms with Crippen LogP contribution in [0.25, 0.3) is 0 Å². The van der Waals surface area contributed by atoms with Gasteiger partial charge in [0.25, 0.3) is 5.91 Å². The summed E-state index contributed by atoms with van der Waals surface area (Å²) in [6, 6.07) is 0. The molecule has 0 atom stereocenters. The second-order valence-corrected chi connectivity index (χ2v) is 6.71. The molecule has 0 radical (unpaired) electrons. The summed E-state index contributed by atoms with van der Waals surface area (Å²) in [4.78, 5) is 25.4. The summed E-state index contributed by atoms with van der Waals surface area (Å²) in [5.41, 5.74) is 4.83. The number of rotatable bonds is 7. The van der Waals surface area contributed by atoms with E-state index in [0.717, 1.165) is 32.5 Å². The lowest BCUT2D eigenvalue weighted by molar-refractivity contribution is -0.176. The Bertz CT molecular complexity index is 418. The number of hydrazine groups is 1. The largest absolute Gasteiger partial charge is 0.381 e. The van der Waals surface area contributed by atoms with Crippen LogP contribution in [0.15, 0.2) is 0 Å². The summed E-state index contributed by atoms with van der Waals surface area (Å²) >= 11 is 0. The Kier molecular flexibility index (Phi) is 7.41. The predicted molar refractivity (Wildman–Crippen MR) is 86.9 cm³/mol. The number of nitrogens with zero attached hydrogens (tertiary/aromatic N) is 1. The zero-order chi connectivity index (χ0) is 17.4. The Morgan fingerprint density at radius 1 is 1.04 bits per heavy atom. The number of hydrogen-bond acceptors (Lipinski definition) is 6. The lowest BCUT2D eigenvalue weighted by Gasteiger charge is -2.30. The minimum Gasteiger partial charge on any atom is -0.381 e. The van der Waals surface area contributed by atoms with Crippen molar-refractivity contribution in [1.29, 1.82) is 0 Å². The number of hydrogen-bond donors (Lipinski definition) is 2. The standard InChI is InChI=1S/C16H29N3O5/c1-19(2)12-15(21)18-17-14(20)11-16(23-9-10-24-16)6-3-13-4-7-22-8-5-13/h13H,3-12H2,1-2H3,(H,17,20)(H,18,21). The lowest BCUT2D eigenvalue weighted by atomic mass is 9.91. The molecule has 0 spiro atoms. The maximum atomic E-state index is 12.1. The van der Waals surface area contributed by atoms with Crippen LogP contribution >= 0.6 is 0 Å². The van der Waals surface area contributed by atoms with E-state index in [-0.39, 0.29) is 24.8 Å². The molecular formula is C16H29N3O5. The number of likely N-dealkylation sites (N-methyl/N-ethyl adjacent to an activating group) is 1. The van der Waals surface area contributed by atoms with Crippen molar-refractivity contribution in [3.05, 3.63) is 0 Å². The topological polar surface area (TPSA) is 89.1 Å². The highest BCUT2D eigenvalue weighted by Crippen LogP contribution is 2.32. The molecule has 2 rings (SSSR count). The van der Waals surface area contributed by atoms with E-state index in [1.807, 2.05) is 0 Å². The molecule has 0 unspecified atom stereocenters. The maximum absolute atomic E-state index is 12.1. The third-order valence-electron chi connectivity index (χ3n) is 4.32. The van der Waals surface area contributed by atoms with Gasteiger partial charge < -0.3 is 19.1 Å². The molecule has 8 nitrogen and oxygen atoms in total. The second kappa shape index (κ2) is 9.31. The van der Waals surface area contributed by atoms with Crippen molar-refractivity contribution >= 4 is 11.8 Å². The van der Waals surface area contributed by atoms with Gasteiger partial charge >= 0.3 is 0 Å². The van der Waals surface area contributed by atoms with Crippen LogP contribution in [0.5, 0.6) is 0 Å². The van der Waals surface area contributed by atoms with Crippen molar-refractivity contribution in [2.45, 2.75) is 37.9 Å². The predicted octanol–water partition coefficient (Wildman–Crippen LogP) is 0.0354. The first-order valence-corrected chi connectivity index (χ1v) is 8.57. The molecule has 2 saturated heterocycles. The van der Waals surface area contributed by atoms with Crippen LogP contribution in [-0.2, 0) is 23.8 Å². The summed E-state index contributed by atoms with van der Waals surface area (Å²) < 4.78 is 16.8. The van der Waals surface area contributed by atoms with Crippen LogP contribution in [0.1, 0.15) is 32.1 Å². The fourth-order valence-corrected chi connectivity index (χ4v) is 3.05. The van der Waals surface area contributed by atoms with E-state index in [0.29, 0.717) is 25.6 Å². The van der Waals surface area contributed by atoms with Crippen LogP contribution in [0.3, 0.4) is 0 Å². The maximum Gasteiger partial charge on any atom is 0.252 e. The highest BCUT2D eigenvalue weighted by Gasteiger charge is 2.39. The van der Waals surface area contributed by atoms with E-state index in [2.05, 4.69) is 10.9 Å². The second-order valence-electron chi connectivity index (χ2n) is 6.71. The fraction of sp³-hybridized carbons (Fsp3) is 0.875. The van der Waals surface area contributed by atoms with E-state index >= 15 is 0 Å². The van der Waals surface area contributed by atoms with Gasteiger partial charge in [0, 0.05) is 19.6 Å². The highest BCUT2D eigenvalue weighted by atomic mass is 16.7. The first kappa shape index (κ1) is 19.1. The normalized spacial score (nSPS) is 21.0. The van der Waals surface area contributed by atoms with Gasteiger partial charge in [0.1, 0.15) is 0 Å². The quantitative estimate of drug-likeness (QED) is 0.634. The van der Waals surface area contributed by atoms with E-state index in [1.165, 1.54) is 0 Å². The van der Waals surface area contributed by atoms with Gasteiger partial charge in [-0.3, -0.25) is 20.4 Å². The van der Waals surface area contributed by atoms with Crippen LogP contribution in [0.2, 0.25) is 0 Å². The first-order chi connectivity index (χ1) is 11.5. The Morgan fingerprint density at radius 2 is 1.67 bits per heavy atom. The molecule has 2 amide bonds. The van der Waals surface area contributed by atoms with Gasteiger partial charge in [0.2, 0.25) is 5.91 Å². The Labute approximate surface area is 143 Å². The fourth-order valence-electron chi connectivity index (χ4n) is 3.05. The van der Waals surface area contributed by atoms with E-state index in [9.17, 15) is 9.59 Å². The SMILES string of the molecule is CN(C)CC(=O)NNC(=O)CC1(CCC2CCOCC2)OCCO1. The van der Waals surface area contributed by atoms with E-state index < -0.39 is 5.79 Å². The summed E-state index contributed by atoms with van der Waals surface area (Å²) in [5.74, 6) is -0.852. The number of nitrogens with one attached hydrogen (secondary N) is 2. The van der Waals surface area contributed by atoms with Gasteiger partial charge in [-0.2, -0.15) is 0 Å². The third-order valence-corrected chi connectivity index (χ3v) is 4.32. The molecule has 2 heterocycles. The van der Waals surface area contributed by atoms with Gasteiger partial charge in [-0.15, -0.1) is 0 Å². The molecule has 8 heteroatoms. The van der Waals surface area contributed by atoms with Crippen molar-refractivity contribution in [2.75, 3.05) is 47.1 Å². The van der Waals surface area contributed by atoms with E-state index in [1.54, 1.807) is 19.0 Å². The van der Waals surface area contributed by atoms with Crippen molar-refractivity contribution in [2.24, 2.45) is 5.92 Å². The molecule has 0 aromatic heterocycles. The van der Waals surface area contributed by atoms with Gasteiger partial charge in [-0.25, -0.2) is 0 Å². The smallest absolute Gasteiger partial charge is 0.252 e. The zero-order valence-corrected chi connectivity index (χ0v) is 14.6. The molecule has 0 aromatic carbocycles. The van der Waals surface area contributed by atoms with Crippen molar-refractivity contribution in [3.8, 4) is 0 Å². The van der Waals surface area contributed by atoms with Crippen LogP contribution < -0.4 is 10.9 Å². The molecule has 138 valence electrons. The van der Waals surface area contributed by atoms with Gasteiger partial charge in [-0.05, 0) is 39.3 Å². The average molecular weight is 343 g/mol. The van der Waals surface area contributed by atoms with Crippen molar-refractivity contribution < 1.29 is 23.8 Å². The molecule has 2 aliphatic heterocycles. The highest BCUT2D eigenvalue weighted by molar-refractivity contribution is 5.83. The molecule has 24 heavy (non-hydrogen) atoms. The molecule has 2 fully saturated rings. The Hall–Kier alpha value is -1.22. The molecule has 0 aromatic rings. The number of ether oxygens (including phenoxy) is 3. The van der Waals surface area contributed by atoms with Gasteiger partial charge in [-0.1, -0.05) is 0 Å². The molecule has 0 bridgehead atoms. The molecule has 0 aliphatic carbocycles. The molecular weight excluding hydrogens is 314 g/mol. The monoisotopic (exact) mass is 343 g/mol. The molecule has 2 aliphatic rings. The van der Waals surface area contributed by atoms with Gasteiger partial charge in [0.05, 0.1) is 26.2 Å². The van der Waals surface area contributed by atoms with Crippen LogP contribution in [-0.4, -0.2) is 69.6 Å². The van der Waals surface area contributed by atoms with Crippen molar-refractivity contribution in [3.63, 3.8) is 0 Å². The van der Waals surface area contributed by atoms with Crippen LogP contribution in [0.4, 0.5) is 0 Å². The Morgan fingerprint density at radius 3 is 2.29 bits per heavy atom. The molecule has 0 saturated carbocycles. The number of carbonyl (C=O) groups is 2. The number of carbonyl (C=O) groups excluding carboxylic acids is 2. The summed E-state index contributed by atoms with van der Waals surface area (Å²) in [6.45, 7) is 2.81. The summed E-state index contributed by atoms with van der Waals surface area (Å²) in [6.07, 6.45) is 3.80. The van der Waals surface area contributed by atoms with Gasteiger partial charge in [0.15, 0.2) is 5.79 Å². The minimum absolute atomic E-state index is 0.0818. The third kappa shape index (κ3) is 6.35. The molecule has 2 N–H and O–H groups in total. The minimum atomic E-state index is -0.866. The zero-order valence-electron chi connectivity index (χ0n) is 14.6. The van der Waals surface area contributed by atoms with Crippen LogP contribution in [0, 0.1) is 5.92 Å². The Balaban J connectivity index is 1.76. The lowest BCUT2D eigenvalue weighted by Crippen LogP contribution is -2.48. The first-order valence-electron chi connectivity index (χ1n) is 8.57.